The summed E-state index contributed by atoms with van der Waals surface area (Å²) >= 11 is 0. The molecule has 0 heterocycles. The summed E-state index contributed by atoms with van der Waals surface area (Å²) in [7, 11) is 0. The highest BCUT2D eigenvalue weighted by atomic mass is 16.6. The van der Waals surface area contributed by atoms with Crippen molar-refractivity contribution in [2.75, 3.05) is 5.32 Å². The SMILES string of the molecule is CC(C)(C)OC(=O)NC1CC1c1ccc(NC(=O)C(Cc2ccccc2)NC(=O)NCc2ccccc2)cc1. The molecular weight excluding hydrogens is 492 g/mol. The number of carbonyl (C=O) groups excluding carboxylic acids is 3. The van der Waals surface area contributed by atoms with Gasteiger partial charge in [-0.05, 0) is 56.0 Å². The second-order valence-electron chi connectivity index (χ2n) is 10.8. The van der Waals surface area contributed by atoms with Crippen molar-refractivity contribution in [3.8, 4) is 0 Å². The van der Waals surface area contributed by atoms with Crippen molar-refractivity contribution < 1.29 is 19.1 Å². The third kappa shape index (κ3) is 8.88. The third-order valence-electron chi connectivity index (χ3n) is 6.30. The Balaban J connectivity index is 1.33. The van der Waals surface area contributed by atoms with Crippen LogP contribution in [0, 0.1) is 0 Å². The molecule has 8 nitrogen and oxygen atoms in total. The largest absolute Gasteiger partial charge is 0.444 e. The van der Waals surface area contributed by atoms with E-state index >= 15 is 0 Å². The van der Waals surface area contributed by atoms with E-state index in [9.17, 15) is 14.4 Å². The zero-order valence-electron chi connectivity index (χ0n) is 22.6. The lowest BCUT2D eigenvalue weighted by molar-refractivity contribution is -0.117. The summed E-state index contributed by atoms with van der Waals surface area (Å²) in [6.07, 6.45) is 0.777. The molecule has 1 saturated carbocycles. The van der Waals surface area contributed by atoms with Crippen LogP contribution in [0.15, 0.2) is 84.9 Å². The predicted molar refractivity (Wildman–Crippen MR) is 151 cm³/mol. The number of ether oxygens (including phenoxy) is 1. The Kier molecular flexibility index (Phi) is 8.86. The Morgan fingerprint density at radius 3 is 2.10 bits per heavy atom. The Morgan fingerprint density at radius 1 is 0.872 bits per heavy atom. The fraction of sp³-hybridized carbons (Fsp3) is 0.323. The second-order valence-corrected chi connectivity index (χ2v) is 10.8. The van der Waals surface area contributed by atoms with Gasteiger partial charge in [0, 0.05) is 30.6 Å². The van der Waals surface area contributed by atoms with Crippen molar-refractivity contribution in [3.05, 3.63) is 102 Å². The monoisotopic (exact) mass is 528 g/mol. The van der Waals surface area contributed by atoms with Gasteiger partial charge in [-0.25, -0.2) is 9.59 Å². The molecule has 4 N–H and O–H groups in total. The number of hydrogen-bond donors (Lipinski definition) is 4. The fourth-order valence-corrected chi connectivity index (χ4v) is 4.27. The summed E-state index contributed by atoms with van der Waals surface area (Å²) in [5.41, 5.74) is 3.08. The highest BCUT2D eigenvalue weighted by Gasteiger charge is 2.40. The van der Waals surface area contributed by atoms with E-state index in [-0.39, 0.29) is 17.9 Å². The Bertz CT molecular complexity index is 1260. The van der Waals surface area contributed by atoms with Crippen LogP contribution in [0.1, 0.15) is 49.8 Å². The number of nitrogens with one attached hydrogen (secondary N) is 4. The van der Waals surface area contributed by atoms with E-state index in [4.69, 9.17) is 4.74 Å². The average molecular weight is 529 g/mol. The van der Waals surface area contributed by atoms with Crippen LogP contribution in [0.25, 0.3) is 0 Å². The maximum Gasteiger partial charge on any atom is 0.407 e. The number of alkyl carbamates (subject to hydrolysis) is 1. The van der Waals surface area contributed by atoms with Crippen molar-refractivity contribution in [1.82, 2.24) is 16.0 Å². The van der Waals surface area contributed by atoms with Gasteiger partial charge in [0.05, 0.1) is 0 Å². The molecule has 0 spiro atoms. The number of amides is 4. The summed E-state index contributed by atoms with van der Waals surface area (Å²) < 4.78 is 5.33. The molecule has 0 aromatic heterocycles. The van der Waals surface area contributed by atoms with Gasteiger partial charge in [0.25, 0.3) is 0 Å². The van der Waals surface area contributed by atoms with Crippen LogP contribution >= 0.6 is 0 Å². The first-order valence-corrected chi connectivity index (χ1v) is 13.2. The molecule has 1 fully saturated rings. The molecule has 1 aliphatic rings. The normalized spacial score (nSPS) is 16.9. The van der Waals surface area contributed by atoms with E-state index in [2.05, 4.69) is 21.3 Å². The van der Waals surface area contributed by atoms with Gasteiger partial charge in [0.2, 0.25) is 5.91 Å². The number of hydrogen-bond acceptors (Lipinski definition) is 4. The highest BCUT2D eigenvalue weighted by molar-refractivity contribution is 5.97. The van der Waals surface area contributed by atoms with Crippen molar-refractivity contribution in [2.45, 2.75) is 63.8 Å². The van der Waals surface area contributed by atoms with Crippen LogP contribution in [-0.2, 0) is 22.5 Å². The molecule has 1 aliphatic carbocycles. The standard InChI is InChI=1S/C31H36N4O4/c1-31(2,3)39-30(38)35-26-19-25(26)23-14-16-24(17-15-23)33-28(36)27(18-21-10-6-4-7-11-21)34-29(37)32-20-22-12-8-5-9-13-22/h4-17,25-27H,18-20H2,1-3H3,(H,33,36)(H,35,38)(H2,32,34,37). The highest BCUT2D eigenvalue weighted by Crippen LogP contribution is 2.41. The topological polar surface area (TPSA) is 109 Å². The molecular formula is C31H36N4O4. The van der Waals surface area contributed by atoms with Crippen molar-refractivity contribution in [3.63, 3.8) is 0 Å². The van der Waals surface area contributed by atoms with Crippen LogP contribution in [-0.4, -0.2) is 35.7 Å². The van der Waals surface area contributed by atoms with Crippen LogP contribution in [0.4, 0.5) is 15.3 Å². The van der Waals surface area contributed by atoms with Crippen LogP contribution < -0.4 is 21.3 Å². The molecule has 0 bridgehead atoms. The fourth-order valence-electron chi connectivity index (χ4n) is 4.27. The number of carbonyl (C=O) groups is 3. The Morgan fingerprint density at radius 2 is 1.49 bits per heavy atom. The summed E-state index contributed by atoms with van der Waals surface area (Å²) in [5, 5.41) is 11.5. The molecule has 3 unspecified atom stereocenters. The van der Waals surface area contributed by atoms with E-state index in [0.29, 0.717) is 18.7 Å². The van der Waals surface area contributed by atoms with Crippen LogP contribution in [0.3, 0.4) is 0 Å². The number of rotatable bonds is 9. The van der Waals surface area contributed by atoms with Crippen LogP contribution in [0.2, 0.25) is 0 Å². The van der Waals surface area contributed by atoms with E-state index in [0.717, 1.165) is 23.1 Å². The Labute approximate surface area is 229 Å². The van der Waals surface area contributed by atoms with E-state index < -0.39 is 23.8 Å². The lowest BCUT2D eigenvalue weighted by Crippen LogP contribution is -2.49. The van der Waals surface area contributed by atoms with Gasteiger partial charge in [-0.15, -0.1) is 0 Å². The minimum Gasteiger partial charge on any atom is -0.444 e. The first-order chi connectivity index (χ1) is 18.7. The lowest BCUT2D eigenvalue weighted by atomic mass is 10.0. The molecule has 0 radical (unpaired) electrons. The summed E-state index contributed by atoms with van der Waals surface area (Å²) in [6, 6.07) is 25.6. The smallest absolute Gasteiger partial charge is 0.407 e. The molecule has 8 heteroatoms. The Hall–Kier alpha value is -4.33. The maximum absolute atomic E-state index is 13.2. The second kappa shape index (κ2) is 12.5. The quantitative estimate of drug-likeness (QED) is 0.309. The zero-order chi connectivity index (χ0) is 27.8. The van der Waals surface area contributed by atoms with Gasteiger partial charge in [-0.1, -0.05) is 72.8 Å². The minimum absolute atomic E-state index is 0.0362. The first kappa shape index (κ1) is 27.7. The molecule has 3 atom stereocenters. The summed E-state index contributed by atoms with van der Waals surface area (Å²) in [5.74, 6) is -0.0968. The van der Waals surface area contributed by atoms with Gasteiger partial charge in [-0.2, -0.15) is 0 Å². The molecule has 204 valence electrons. The van der Waals surface area contributed by atoms with Crippen LogP contribution in [0.5, 0.6) is 0 Å². The molecule has 3 aromatic rings. The van der Waals surface area contributed by atoms with Gasteiger partial charge in [0.1, 0.15) is 11.6 Å². The van der Waals surface area contributed by atoms with E-state index in [1.807, 2.05) is 106 Å². The third-order valence-corrected chi connectivity index (χ3v) is 6.30. The van der Waals surface area contributed by atoms with Gasteiger partial charge < -0.3 is 26.0 Å². The van der Waals surface area contributed by atoms with Crippen molar-refractivity contribution in [1.29, 1.82) is 0 Å². The number of urea groups is 1. The van der Waals surface area contributed by atoms with E-state index in [1.54, 1.807) is 0 Å². The average Bonchev–Trinajstić information content (AvgIpc) is 3.66. The molecule has 0 aliphatic heterocycles. The first-order valence-electron chi connectivity index (χ1n) is 13.2. The van der Waals surface area contributed by atoms with Crippen molar-refractivity contribution in [2.24, 2.45) is 0 Å². The van der Waals surface area contributed by atoms with E-state index in [1.165, 1.54) is 0 Å². The minimum atomic E-state index is -0.770. The molecule has 4 rings (SSSR count). The predicted octanol–water partition coefficient (Wildman–Crippen LogP) is 5.12. The number of benzene rings is 3. The molecule has 39 heavy (non-hydrogen) atoms. The zero-order valence-corrected chi connectivity index (χ0v) is 22.6. The van der Waals surface area contributed by atoms with Gasteiger partial charge in [0.15, 0.2) is 0 Å². The molecule has 0 saturated heterocycles. The number of anilines is 1. The molecule has 3 aromatic carbocycles. The lowest BCUT2D eigenvalue weighted by Gasteiger charge is -2.20. The van der Waals surface area contributed by atoms with Crippen molar-refractivity contribution >= 4 is 23.7 Å². The summed E-state index contributed by atoms with van der Waals surface area (Å²) in [4.78, 5) is 37.9. The van der Waals surface area contributed by atoms with Gasteiger partial charge >= 0.3 is 12.1 Å². The van der Waals surface area contributed by atoms with Gasteiger partial charge in [-0.3, -0.25) is 4.79 Å². The summed E-state index contributed by atoms with van der Waals surface area (Å²) in [6.45, 7) is 5.86. The molecule has 4 amide bonds. The maximum atomic E-state index is 13.2.